The predicted octanol–water partition coefficient (Wildman–Crippen LogP) is 3.26. The second-order valence-electron chi connectivity index (χ2n) is 6.49. The van der Waals surface area contributed by atoms with Crippen molar-refractivity contribution in [2.24, 2.45) is 11.8 Å². The zero-order valence-corrected chi connectivity index (χ0v) is 15.5. The number of carboxylic acid groups (broad SMARTS) is 1. The Morgan fingerprint density at radius 2 is 2.08 bits per heavy atom. The molecule has 1 unspecified atom stereocenters. The fourth-order valence-corrected chi connectivity index (χ4v) is 3.84. The molecule has 6 nitrogen and oxygen atoms in total. The predicted molar refractivity (Wildman–Crippen MR) is 99.0 cm³/mol. The highest BCUT2D eigenvalue weighted by Gasteiger charge is 2.33. The zero-order valence-electron chi connectivity index (χ0n) is 14.7. The molecule has 3 atom stereocenters. The lowest BCUT2D eigenvalue weighted by atomic mass is 9.84. The third-order valence-corrected chi connectivity index (χ3v) is 5.29. The zero-order chi connectivity index (χ0) is 18.9. The monoisotopic (exact) mass is 376 g/mol. The second kappa shape index (κ2) is 10.0. The summed E-state index contributed by atoms with van der Waals surface area (Å²) in [5.41, 5.74) is 1.14. The van der Waals surface area contributed by atoms with Crippen LogP contribution in [-0.2, 0) is 22.4 Å². The van der Waals surface area contributed by atoms with Crippen molar-refractivity contribution in [2.45, 2.75) is 38.6 Å². The van der Waals surface area contributed by atoms with Crippen LogP contribution in [0.1, 0.15) is 30.3 Å². The highest BCUT2D eigenvalue weighted by atomic mass is 32.1. The number of amides is 1. The average molecular weight is 376 g/mol. The van der Waals surface area contributed by atoms with Crippen molar-refractivity contribution < 1.29 is 19.9 Å². The summed E-state index contributed by atoms with van der Waals surface area (Å²) >= 11 is 1.47. The molecule has 0 aliphatic carbocycles. The third-order valence-electron chi connectivity index (χ3n) is 4.45. The molecule has 0 saturated carbocycles. The Labute approximate surface area is 157 Å². The van der Waals surface area contributed by atoms with Crippen LogP contribution in [0.3, 0.4) is 0 Å². The molecule has 26 heavy (non-hydrogen) atoms. The molecule has 0 bridgehead atoms. The lowest BCUT2D eigenvalue weighted by molar-refractivity contribution is -0.173. The first-order valence-corrected chi connectivity index (χ1v) is 9.46. The van der Waals surface area contributed by atoms with E-state index in [-0.39, 0.29) is 12.3 Å². The normalized spacial score (nSPS) is 14.4. The van der Waals surface area contributed by atoms with Crippen LogP contribution in [0.15, 0.2) is 41.9 Å². The van der Waals surface area contributed by atoms with E-state index in [2.05, 4.69) is 4.98 Å². The van der Waals surface area contributed by atoms with E-state index in [1.807, 2.05) is 42.6 Å². The number of hydrogen-bond donors (Lipinski definition) is 2. The van der Waals surface area contributed by atoms with E-state index in [0.717, 1.165) is 17.0 Å². The lowest BCUT2D eigenvalue weighted by Crippen LogP contribution is -2.42. The number of hydrogen-bond acceptors (Lipinski definition) is 5. The van der Waals surface area contributed by atoms with E-state index in [1.54, 1.807) is 6.20 Å². The molecule has 1 aromatic carbocycles. The molecule has 0 aliphatic rings. The van der Waals surface area contributed by atoms with Crippen LogP contribution in [0.5, 0.6) is 0 Å². The van der Waals surface area contributed by atoms with Crippen molar-refractivity contribution in [1.29, 1.82) is 0 Å². The van der Waals surface area contributed by atoms with Crippen molar-refractivity contribution in [1.82, 2.24) is 10.0 Å². The standard InChI is InChI=1S/C19H24N2O4S/c1-14(11-15-5-3-2-4-6-15)12-16(19(23)24)17(21(25)13-22)7-8-18-20-9-10-26-18/h2-6,9-10,13-14,16-17,25H,7-8,11-12H2,1H3,(H,23,24)/t14?,16-,17+/m1/s1. The van der Waals surface area contributed by atoms with E-state index < -0.39 is 17.9 Å². The van der Waals surface area contributed by atoms with Crippen LogP contribution in [0, 0.1) is 11.8 Å². The summed E-state index contributed by atoms with van der Waals surface area (Å²) in [5.74, 6) is -1.75. The van der Waals surface area contributed by atoms with Gasteiger partial charge in [-0.05, 0) is 30.7 Å². The molecule has 0 radical (unpaired) electrons. The van der Waals surface area contributed by atoms with Crippen LogP contribution in [0.4, 0.5) is 0 Å². The molecule has 2 rings (SSSR count). The fourth-order valence-electron chi connectivity index (χ4n) is 3.20. The minimum Gasteiger partial charge on any atom is -0.481 e. The molecule has 0 saturated heterocycles. The summed E-state index contributed by atoms with van der Waals surface area (Å²) in [7, 11) is 0. The molecule has 1 aromatic heterocycles. The molecule has 140 valence electrons. The Kier molecular flexibility index (Phi) is 7.74. The maximum absolute atomic E-state index is 11.8. The van der Waals surface area contributed by atoms with Gasteiger partial charge < -0.3 is 5.11 Å². The molecular weight excluding hydrogens is 352 g/mol. The summed E-state index contributed by atoms with van der Waals surface area (Å²) in [4.78, 5) is 27.1. The summed E-state index contributed by atoms with van der Waals surface area (Å²) in [5, 5.41) is 22.9. The van der Waals surface area contributed by atoms with Gasteiger partial charge in [0.25, 0.3) is 0 Å². The Morgan fingerprint density at radius 1 is 1.35 bits per heavy atom. The Balaban J connectivity index is 2.06. The Bertz CT molecular complexity index is 678. The number of carbonyl (C=O) groups is 2. The largest absolute Gasteiger partial charge is 0.481 e. The van der Waals surface area contributed by atoms with Gasteiger partial charge in [-0.15, -0.1) is 11.3 Å². The number of aliphatic carboxylic acids is 1. The highest BCUT2D eigenvalue weighted by molar-refractivity contribution is 7.09. The van der Waals surface area contributed by atoms with Crippen molar-refractivity contribution in [3.63, 3.8) is 0 Å². The Morgan fingerprint density at radius 3 is 2.65 bits per heavy atom. The highest BCUT2D eigenvalue weighted by Crippen LogP contribution is 2.25. The van der Waals surface area contributed by atoms with Crippen molar-refractivity contribution >= 4 is 23.7 Å². The van der Waals surface area contributed by atoms with E-state index in [1.165, 1.54) is 11.3 Å². The number of nitrogens with zero attached hydrogens (tertiary/aromatic N) is 2. The lowest BCUT2D eigenvalue weighted by Gasteiger charge is -2.29. The maximum atomic E-state index is 11.8. The number of thiazole rings is 1. The first kappa shape index (κ1) is 20.1. The van der Waals surface area contributed by atoms with Crippen molar-refractivity contribution in [2.75, 3.05) is 0 Å². The number of rotatable bonds is 11. The van der Waals surface area contributed by atoms with E-state index in [4.69, 9.17) is 0 Å². The van der Waals surface area contributed by atoms with Crippen LogP contribution in [0.25, 0.3) is 0 Å². The van der Waals surface area contributed by atoms with Gasteiger partial charge in [0.2, 0.25) is 6.41 Å². The number of carboxylic acids is 1. The van der Waals surface area contributed by atoms with Crippen LogP contribution in [-0.4, -0.2) is 38.8 Å². The maximum Gasteiger partial charge on any atom is 0.308 e. The number of aromatic nitrogens is 1. The van der Waals surface area contributed by atoms with Gasteiger partial charge in [0.15, 0.2) is 0 Å². The molecule has 2 aromatic rings. The molecule has 0 fully saturated rings. The van der Waals surface area contributed by atoms with Crippen molar-refractivity contribution in [3.8, 4) is 0 Å². The van der Waals surface area contributed by atoms with Gasteiger partial charge >= 0.3 is 5.97 Å². The topological polar surface area (TPSA) is 90.7 Å². The fraction of sp³-hybridized carbons (Fsp3) is 0.421. The third kappa shape index (κ3) is 5.93. The minimum atomic E-state index is -1.00. The summed E-state index contributed by atoms with van der Waals surface area (Å²) in [6.07, 6.45) is 3.95. The van der Waals surface area contributed by atoms with Crippen LogP contribution >= 0.6 is 11.3 Å². The number of hydroxylamine groups is 2. The van der Waals surface area contributed by atoms with Gasteiger partial charge in [0.1, 0.15) is 0 Å². The van der Waals surface area contributed by atoms with Crippen LogP contribution < -0.4 is 0 Å². The SMILES string of the molecule is CC(Cc1ccccc1)C[C@@H](C(=O)O)[C@H](CCc1nccs1)N(O)C=O. The molecule has 2 N–H and O–H groups in total. The number of carbonyl (C=O) groups excluding carboxylic acids is 1. The first-order chi connectivity index (χ1) is 12.5. The first-order valence-electron chi connectivity index (χ1n) is 8.58. The average Bonchev–Trinajstić information content (AvgIpc) is 3.14. The molecule has 0 spiro atoms. The van der Waals surface area contributed by atoms with E-state index in [9.17, 15) is 19.9 Å². The molecular formula is C19H24N2O4S. The summed E-state index contributed by atoms with van der Waals surface area (Å²) < 4.78 is 0. The Hall–Kier alpha value is -2.25. The minimum absolute atomic E-state index is 0.0981. The van der Waals surface area contributed by atoms with Gasteiger partial charge in [-0.3, -0.25) is 14.8 Å². The molecule has 0 aliphatic heterocycles. The second-order valence-corrected chi connectivity index (χ2v) is 7.47. The van der Waals surface area contributed by atoms with E-state index in [0.29, 0.717) is 24.3 Å². The number of benzene rings is 1. The van der Waals surface area contributed by atoms with E-state index >= 15 is 0 Å². The van der Waals surface area contributed by atoms with Crippen LogP contribution in [0.2, 0.25) is 0 Å². The van der Waals surface area contributed by atoms with Crippen molar-refractivity contribution in [3.05, 3.63) is 52.5 Å². The van der Waals surface area contributed by atoms with Gasteiger partial charge in [0, 0.05) is 18.0 Å². The quantitative estimate of drug-likeness (QED) is 0.357. The molecule has 1 heterocycles. The number of aryl methyl sites for hydroxylation is 1. The van der Waals surface area contributed by atoms with Gasteiger partial charge in [0.05, 0.1) is 17.0 Å². The molecule has 7 heteroatoms. The van der Waals surface area contributed by atoms with Gasteiger partial charge in [-0.1, -0.05) is 37.3 Å². The van der Waals surface area contributed by atoms with Gasteiger partial charge in [-0.25, -0.2) is 10.0 Å². The summed E-state index contributed by atoms with van der Waals surface area (Å²) in [6, 6.07) is 9.08. The summed E-state index contributed by atoms with van der Waals surface area (Å²) in [6.45, 7) is 1.99. The molecule has 1 amide bonds. The van der Waals surface area contributed by atoms with Gasteiger partial charge in [-0.2, -0.15) is 0 Å². The smallest absolute Gasteiger partial charge is 0.308 e.